The van der Waals surface area contributed by atoms with Gasteiger partial charge in [0.15, 0.2) is 6.10 Å². The minimum absolute atomic E-state index is 0.0398. The Balaban J connectivity index is 1.64. The van der Waals surface area contributed by atoms with E-state index in [0.717, 1.165) is 51.8 Å². The molecule has 1 aromatic carbocycles. The maximum Gasteiger partial charge on any atom is 0.336 e. The number of hydrogen-bond donors (Lipinski definition) is 1. The molecule has 4 heterocycles. The van der Waals surface area contributed by atoms with Crippen LogP contribution in [0.5, 0.6) is 5.75 Å². The zero-order chi connectivity index (χ0) is 22.4. The number of carbonyl (C=O) groups excluding carboxylic acids is 1. The van der Waals surface area contributed by atoms with Crippen molar-refractivity contribution in [2.24, 2.45) is 5.92 Å². The van der Waals surface area contributed by atoms with E-state index in [1.807, 2.05) is 12.1 Å². The Morgan fingerprint density at radius 1 is 1.28 bits per heavy atom. The molecule has 0 bridgehead atoms. The number of pyridine rings is 2. The van der Waals surface area contributed by atoms with Gasteiger partial charge in [-0.15, -0.1) is 0 Å². The lowest BCUT2D eigenvalue weighted by atomic mass is 9.85. The molecule has 0 radical (unpaired) electrons. The van der Waals surface area contributed by atoms with Gasteiger partial charge in [-0.2, -0.15) is 0 Å². The predicted molar refractivity (Wildman–Crippen MR) is 118 cm³/mol. The standard InChI is InChI=1S/C25H24N2O5/c1-4-14-15-7-13(28)5-6-19(15)26-21-16(14)10-27-20(21)8-18-17(23(27)29)11-32-24(30)22(31-3)25(18)9-12(25)2/h5-8,12,22,28H,4,9-11H2,1-3H3/t12?,22-,25-/m1/s1. The molecule has 2 aliphatic heterocycles. The lowest BCUT2D eigenvalue weighted by Crippen LogP contribution is -2.37. The molecule has 1 unspecified atom stereocenters. The van der Waals surface area contributed by atoms with Crippen molar-refractivity contribution in [3.63, 3.8) is 0 Å². The van der Waals surface area contributed by atoms with Crippen molar-refractivity contribution >= 4 is 16.9 Å². The molecule has 7 nitrogen and oxygen atoms in total. The molecule has 7 heteroatoms. The van der Waals surface area contributed by atoms with Crippen LogP contribution >= 0.6 is 0 Å². The second kappa shape index (κ2) is 6.42. The zero-order valence-corrected chi connectivity index (χ0v) is 18.3. The number of nitrogens with zero attached hydrogens (tertiary/aromatic N) is 2. The van der Waals surface area contributed by atoms with Gasteiger partial charge in [0.25, 0.3) is 5.56 Å². The third kappa shape index (κ3) is 2.32. The van der Waals surface area contributed by atoms with E-state index in [1.54, 1.807) is 16.7 Å². The molecule has 2 aromatic heterocycles. The smallest absolute Gasteiger partial charge is 0.336 e. The molecule has 0 amide bonds. The summed E-state index contributed by atoms with van der Waals surface area (Å²) >= 11 is 0. The quantitative estimate of drug-likeness (QED) is 0.490. The molecule has 1 fully saturated rings. The monoisotopic (exact) mass is 432 g/mol. The fraction of sp³-hybridized carbons (Fsp3) is 0.400. The first-order chi connectivity index (χ1) is 15.4. The van der Waals surface area contributed by atoms with E-state index in [4.69, 9.17) is 14.5 Å². The number of ether oxygens (including phenoxy) is 2. The molecule has 1 aliphatic carbocycles. The molecule has 164 valence electrons. The third-order valence-corrected chi connectivity index (χ3v) is 7.64. The van der Waals surface area contributed by atoms with E-state index in [9.17, 15) is 14.7 Å². The minimum Gasteiger partial charge on any atom is -0.508 e. The van der Waals surface area contributed by atoms with E-state index in [2.05, 4.69) is 13.8 Å². The van der Waals surface area contributed by atoms with Crippen molar-refractivity contribution in [2.45, 2.75) is 51.4 Å². The van der Waals surface area contributed by atoms with Gasteiger partial charge in [-0.25, -0.2) is 9.78 Å². The summed E-state index contributed by atoms with van der Waals surface area (Å²) in [4.78, 5) is 31.2. The van der Waals surface area contributed by atoms with Crippen LogP contribution in [0.1, 0.15) is 42.5 Å². The molecule has 6 rings (SSSR count). The highest BCUT2D eigenvalue weighted by Gasteiger charge is 2.63. The number of aryl methyl sites for hydroxylation is 1. The molecule has 3 aromatic rings. The second-order valence-electron chi connectivity index (χ2n) is 9.15. The van der Waals surface area contributed by atoms with Crippen LogP contribution < -0.4 is 5.56 Å². The van der Waals surface area contributed by atoms with Gasteiger partial charge in [-0.3, -0.25) is 4.79 Å². The molecule has 1 saturated carbocycles. The summed E-state index contributed by atoms with van der Waals surface area (Å²) < 4.78 is 12.8. The normalized spacial score (nSPS) is 25.3. The Hall–Kier alpha value is -3.19. The van der Waals surface area contributed by atoms with Crippen LogP contribution in [0.2, 0.25) is 0 Å². The Morgan fingerprint density at radius 3 is 2.75 bits per heavy atom. The van der Waals surface area contributed by atoms with Gasteiger partial charge in [-0.05, 0) is 54.2 Å². The van der Waals surface area contributed by atoms with E-state index in [0.29, 0.717) is 12.1 Å². The second-order valence-corrected chi connectivity index (χ2v) is 9.15. The van der Waals surface area contributed by atoms with Gasteiger partial charge in [0.1, 0.15) is 12.4 Å². The number of aromatic hydroxyl groups is 1. The maximum absolute atomic E-state index is 13.7. The molecule has 1 spiro atoms. The van der Waals surface area contributed by atoms with Crippen molar-refractivity contribution in [2.75, 3.05) is 7.11 Å². The maximum atomic E-state index is 13.7. The minimum atomic E-state index is -0.721. The van der Waals surface area contributed by atoms with E-state index >= 15 is 0 Å². The highest BCUT2D eigenvalue weighted by Crippen LogP contribution is 2.59. The van der Waals surface area contributed by atoms with Gasteiger partial charge in [0.2, 0.25) is 0 Å². The Kier molecular flexibility index (Phi) is 3.91. The average Bonchev–Trinajstić information content (AvgIpc) is 3.33. The summed E-state index contributed by atoms with van der Waals surface area (Å²) in [5.41, 5.74) is 5.20. The van der Waals surface area contributed by atoms with Crippen LogP contribution in [0, 0.1) is 5.92 Å². The van der Waals surface area contributed by atoms with Gasteiger partial charge in [0, 0.05) is 23.5 Å². The number of esters is 1. The number of aromatic nitrogens is 2. The summed E-state index contributed by atoms with van der Waals surface area (Å²) in [6, 6.07) is 7.23. The molecular weight excluding hydrogens is 408 g/mol. The summed E-state index contributed by atoms with van der Waals surface area (Å²) in [7, 11) is 1.52. The van der Waals surface area contributed by atoms with Crippen LogP contribution in [0.25, 0.3) is 22.3 Å². The number of rotatable bonds is 2. The van der Waals surface area contributed by atoms with Gasteiger partial charge < -0.3 is 19.1 Å². The highest BCUT2D eigenvalue weighted by atomic mass is 16.6. The topological polar surface area (TPSA) is 90.7 Å². The predicted octanol–water partition coefficient (Wildman–Crippen LogP) is 3.04. The van der Waals surface area contributed by atoms with E-state index in [-0.39, 0.29) is 23.8 Å². The first-order valence-electron chi connectivity index (χ1n) is 11.0. The lowest BCUT2D eigenvalue weighted by Gasteiger charge is -2.24. The number of carbonyl (C=O) groups is 1. The van der Waals surface area contributed by atoms with Crippen LogP contribution in [-0.4, -0.2) is 33.8 Å². The fourth-order valence-electron chi connectivity index (χ4n) is 5.96. The number of methoxy groups -OCH3 is 1. The van der Waals surface area contributed by atoms with E-state index in [1.165, 1.54) is 7.11 Å². The lowest BCUT2D eigenvalue weighted by molar-refractivity contribution is -0.158. The van der Waals surface area contributed by atoms with Crippen molar-refractivity contribution < 1.29 is 19.4 Å². The fourth-order valence-corrected chi connectivity index (χ4v) is 5.96. The Morgan fingerprint density at radius 2 is 2.06 bits per heavy atom. The average molecular weight is 432 g/mol. The third-order valence-electron chi connectivity index (χ3n) is 7.64. The van der Waals surface area contributed by atoms with Gasteiger partial charge >= 0.3 is 5.97 Å². The Bertz CT molecular complexity index is 1390. The molecule has 0 saturated heterocycles. The summed E-state index contributed by atoms with van der Waals surface area (Å²) in [5.74, 6) is -0.000419. The summed E-state index contributed by atoms with van der Waals surface area (Å²) in [6.45, 7) is 4.54. The molecule has 3 aliphatic rings. The Labute approximate surface area is 184 Å². The van der Waals surface area contributed by atoms with Crippen molar-refractivity contribution in [3.05, 3.63) is 56.9 Å². The SMILES string of the molecule is CCc1c2c(nc3ccc(O)cc13)-c1cc3c(c(=O)n1C2)COC(=O)[C@@H](OC)[C@@]31CC1C. The summed E-state index contributed by atoms with van der Waals surface area (Å²) in [6.07, 6.45) is 0.812. The molecular formula is C25H24N2O5. The summed E-state index contributed by atoms with van der Waals surface area (Å²) in [5, 5.41) is 10.9. The number of fused-ring (bicyclic) bond motifs is 6. The first kappa shape index (κ1) is 19.5. The van der Waals surface area contributed by atoms with Crippen molar-refractivity contribution in [1.29, 1.82) is 0 Å². The number of hydrogen-bond acceptors (Lipinski definition) is 6. The van der Waals surface area contributed by atoms with Crippen LogP contribution in [0.15, 0.2) is 29.1 Å². The molecule has 3 atom stereocenters. The number of cyclic esters (lactones) is 1. The van der Waals surface area contributed by atoms with E-state index < -0.39 is 17.5 Å². The molecule has 32 heavy (non-hydrogen) atoms. The van der Waals surface area contributed by atoms with Gasteiger partial charge in [-0.1, -0.05) is 13.8 Å². The zero-order valence-electron chi connectivity index (χ0n) is 18.3. The van der Waals surface area contributed by atoms with Gasteiger partial charge in [0.05, 0.1) is 29.0 Å². The largest absolute Gasteiger partial charge is 0.508 e. The first-order valence-corrected chi connectivity index (χ1v) is 11.0. The highest BCUT2D eigenvalue weighted by molar-refractivity contribution is 5.89. The number of phenols is 1. The molecule has 1 N–H and O–H groups in total. The number of benzene rings is 1. The van der Waals surface area contributed by atoms with Crippen LogP contribution in [0.4, 0.5) is 0 Å². The number of phenolic OH excluding ortho intramolecular Hbond substituents is 1. The van der Waals surface area contributed by atoms with Crippen LogP contribution in [0.3, 0.4) is 0 Å². The van der Waals surface area contributed by atoms with Crippen molar-refractivity contribution in [1.82, 2.24) is 9.55 Å². The van der Waals surface area contributed by atoms with Crippen molar-refractivity contribution in [3.8, 4) is 17.1 Å². The van der Waals surface area contributed by atoms with Crippen LogP contribution in [-0.2, 0) is 39.3 Å².